The lowest BCUT2D eigenvalue weighted by Gasteiger charge is -2.19. The van der Waals surface area contributed by atoms with Crippen molar-refractivity contribution in [2.24, 2.45) is 0 Å². The molecule has 1 aromatic heterocycles. The van der Waals surface area contributed by atoms with E-state index in [1.54, 1.807) is 0 Å². The highest BCUT2D eigenvalue weighted by Gasteiger charge is 2.30. The van der Waals surface area contributed by atoms with Crippen LogP contribution in [-0.2, 0) is 27.3 Å². The molecule has 5 rings (SSSR count). The van der Waals surface area contributed by atoms with Crippen molar-refractivity contribution in [1.82, 2.24) is 9.97 Å². The van der Waals surface area contributed by atoms with E-state index in [9.17, 15) is 13.4 Å². The molecule has 2 aliphatic rings. The molecule has 0 saturated carbocycles. The standard InChI is InChI=1S/C23H21BN2O4S/c27-24-19(12-13-30-24)17-10-8-16(9-11-17)15-21-22-20(7-4-14-31(22,28)29)25-23(26-21)18-5-2-1-3-6-18/h1-3,5-6,8-12,27H,4,7,13-15H2. The average molecular weight is 432 g/mol. The number of fused-ring (bicyclic) bond motifs is 1. The summed E-state index contributed by atoms with van der Waals surface area (Å²) in [5.41, 5.74) is 4.60. The fourth-order valence-corrected chi connectivity index (χ4v) is 5.85. The molecule has 156 valence electrons. The number of aromatic nitrogens is 2. The predicted molar refractivity (Wildman–Crippen MR) is 119 cm³/mol. The van der Waals surface area contributed by atoms with E-state index < -0.39 is 17.0 Å². The zero-order valence-electron chi connectivity index (χ0n) is 16.9. The Morgan fingerprint density at radius 1 is 1.00 bits per heavy atom. The second-order valence-corrected chi connectivity index (χ2v) is 9.82. The molecule has 0 bridgehead atoms. The number of rotatable bonds is 4. The van der Waals surface area contributed by atoms with Gasteiger partial charge in [0.2, 0.25) is 0 Å². The minimum Gasteiger partial charge on any atom is -0.423 e. The first kappa shape index (κ1) is 20.1. The van der Waals surface area contributed by atoms with Gasteiger partial charge in [0, 0.05) is 12.0 Å². The minimum absolute atomic E-state index is 0.131. The molecule has 0 fully saturated rings. The smallest absolute Gasteiger partial charge is 0.423 e. The van der Waals surface area contributed by atoms with Crippen LogP contribution in [0, 0.1) is 0 Å². The maximum atomic E-state index is 12.9. The normalized spacial score (nSPS) is 17.3. The number of hydrogen-bond donors (Lipinski definition) is 1. The van der Waals surface area contributed by atoms with Gasteiger partial charge in [-0.15, -0.1) is 0 Å². The van der Waals surface area contributed by atoms with Crippen molar-refractivity contribution in [3.05, 3.63) is 83.2 Å². The predicted octanol–water partition coefficient (Wildman–Crippen LogP) is 2.89. The molecule has 8 heteroatoms. The summed E-state index contributed by atoms with van der Waals surface area (Å²) in [6.07, 6.45) is 3.46. The number of sulfone groups is 1. The Balaban J connectivity index is 1.55. The van der Waals surface area contributed by atoms with E-state index in [2.05, 4.69) is 4.98 Å². The van der Waals surface area contributed by atoms with Crippen LogP contribution in [0.5, 0.6) is 0 Å². The van der Waals surface area contributed by atoms with Crippen LogP contribution < -0.4 is 0 Å². The van der Waals surface area contributed by atoms with E-state index in [0.717, 1.165) is 22.2 Å². The summed E-state index contributed by atoms with van der Waals surface area (Å²) in [6.45, 7) is 0.394. The molecule has 3 aromatic rings. The van der Waals surface area contributed by atoms with Crippen molar-refractivity contribution < 1.29 is 18.1 Å². The van der Waals surface area contributed by atoms with Gasteiger partial charge in [-0.1, -0.05) is 60.7 Å². The molecule has 0 unspecified atom stereocenters. The lowest BCUT2D eigenvalue weighted by molar-refractivity contribution is 0.316. The van der Waals surface area contributed by atoms with Gasteiger partial charge in [-0.3, -0.25) is 0 Å². The van der Waals surface area contributed by atoms with Crippen LogP contribution in [0.1, 0.15) is 28.9 Å². The fraction of sp³-hybridized carbons (Fsp3) is 0.217. The number of nitrogens with zero attached hydrogens (tertiary/aromatic N) is 2. The summed E-state index contributed by atoms with van der Waals surface area (Å²) in [4.78, 5) is 9.61. The van der Waals surface area contributed by atoms with E-state index in [0.29, 0.717) is 48.0 Å². The Labute approximate surface area is 181 Å². The Morgan fingerprint density at radius 2 is 1.77 bits per heavy atom. The van der Waals surface area contributed by atoms with Crippen molar-refractivity contribution >= 4 is 22.4 Å². The van der Waals surface area contributed by atoms with Crippen LogP contribution in [0.15, 0.2) is 65.6 Å². The van der Waals surface area contributed by atoms with Gasteiger partial charge >= 0.3 is 7.12 Å². The fourth-order valence-electron chi connectivity index (χ4n) is 4.13. The topological polar surface area (TPSA) is 89.4 Å². The van der Waals surface area contributed by atoms with Crippen LogP contribution >= 0.6 is 0 Å². The molecular weight excluding hydrogens is 411 g/mol. The Bertz CT molecular complexity index is 1260. The molecule has 0 aliphatic carbocycles. The first-order chi connectivity index (χ1) is 15.0. The van der Waals surface area contributed by atoms with Crippen LogP contribution in [-0.4, -0.2) is 42.9 Å². The van der Waals surface area contributed by atoms with Gasteiger partial charge in [-0.2, -0.15) is 0 Å². The van der Waals surface area contributed by atoms with Crippen molar-refractivity contribution in [1.29, 1.82) is 0 Å². The van der Waals surface area contributed by atoms with Gasteiger partial charge in [0.1, 0.15) is 4.90 Å². The maximum absolute atomic E-state index is 12.9. The zero-order valence-corrected chi connectivity index (χ0v) is 17.7. The van der Waals surface area contributed by atoms with E-state index in [1.807, 2.05) is 60.7 Å². The van der Waals surface area contributed by atoms with Crippen molar-refractivity contribution in [2.75, 3.05) is 12.4 Å². The second-order valence-electron chi connectivity index (χ2n) is 7.78. The monoisotopic (exact) mass is 432 g/mol. The molecule has 3 heterocycles. The van der Waals surface area contributed by atoms with Crippen LogP contribution in [0.25, 0.3) is 16.9 Å². The highest BCUT2D eigenvalue weighted by atomic mass is 32.2. The summed E-state index contributed by atoms with van der Waals surface area (Å²) in [5, 5.41) is 9.90. The van der Waals surface area contributed by atoms with E-state index in [4.69, 9.17) is 9.64 Å². The van der Waals surface area contributed by atoms with Gasteiger partial charge in [0.25, 0.3) is 0 Å². The minimum atomic E-state index is -3.40. The van der Waals surface area contributed by atoms with Gasteiger partial charge in [-0.05, 0) is 29.4 Å². The van der Waals surface area contributed by atoms with Gasteiger partial charge in [0.15, 0.2) is 15.7 Å². The number of benzene rings is 2. The SMILES string of the molecule is O=S1(=O)CCCc2nc(-c3ccccc3)nc(Cc3ccc(C4=CCOB4O)cc3)c21. The molecule has 2 aliphatic heterocycles. The Hall–Kier alpha value is -2.81. The summed E-state index contributed by atoms with van der Waals surface area (Å²) < 4.78 is 30.9. The second kappa shape index (κ2) is 8.03. The molecule has 0 radical (unpaired) electrons. The lowest BCUT2D eigenvalue weighted by Crippen LogP contribution is -2.21. The highest BCUT2D eigenvalue weighted by Crippen LogP contribution is 2.30. The number of hydrogen-bond acceptors (Lipinski definition) is 6. The summed E-state index contributed by atoms with van der Waals surface area (Å²) in [5.74, 6) is 0.686. The van der Waals surface area contributed by atoms with Crippen LogP contribution in [0.3, 0.4) is 0 Å². The maximum Gasteiger partial charge on any atom is 0.491 e. The molecule has 6 nitrogen and oxygen atoms in total. The van der Waals surface area contributed by atoms with Crippen molar-refractivity contribution in [2.45, 2.75) is 24.2 Å². The summed E-state index contributed by atoms with van der Waals surface area (Å²) >= 11 is 0. The van der Waals surface area contributed by atoms with Gasteiger partial charge in [0.05, 0.1) is 23.7 Å². The third kappa shape index (κ3) is 3.94. The van der Waals surface area contributed by atoms with Crippen molar-refractivity contribution in [3.8, 4) is 11.4 Å². The Morgan fingerprint density at radius 3 is 2.48 bits per heavy atom. The van der Waals surface area contributed by atoms with Gasteiger partial charge < -0.3 is 9.68 Å². The molecule has 31 heavy (non-hydrogen) atoms. The van der Waals surface area contributed by atoms with Crippen LogP contribution in [0.4, 0.5) is 0 Å². The first-order valence-corrected chi connectivity index (χ1v) is 11.9. The quantitative estimate of drug-likeness (QED) is 0.638. The number of aryl methyl sites for hydroxylation is 1. The lowest BCUT2D eigenvalue weighted by atomic mass is 9.76. The zero-order chi connectivity index (χ0) is 21.4. The first-order valence-electron chi connectivity index (χ1n) is 10.3. The average Bonchev–Trinajstić information content (AvgIpc) is 3.20. The van der Waals surface area contributed by atoms with Crippen molar-refractivity contribution in [3.63, 3.8) is 0 Å². The highest BCUT2D eigenvalue weighted by molar-refractivity contribution is 7.91. The molecule has 0 spiro atoms. The molecular formula is C23H21BN2O4S. The van der Waals surface area contributed by atoms with E-state index >= 15 is 0 Å². The Kier molecular flexibility index (Phi) is 5.21. The third-order valence-corrected chi connectivity index (χ3v) is 7.58. The van der Waals surface area contributed by atoms with Gasteiger partial charge in [-0.25, -0.2) is 18.4 Å². The molecule has 1 N–H and O–H groups in total. The van der Waals surface area contributed by atoms with E-state index in [-0.39, 0.29) is 5.75 Å². The molecule has 2 aromatic carbocycles. The van der Waals surface area contributed by atoms with Crippen LogP contribution in [0.2, 0.25) is 0 Å². The summed E-state index contributed by atoms with van der Waals surface area (Å²) in [6, 6.07) is 17.3. The molecule has 0 amide bonds. The summed E-state index contributed by atoms with van der Waals surface area (Å²) in [7, 11) is -4.31. The van der Waals surface area contributed by atoms with E-state index in [1.165, 1.54) is 0 Å². The molecule has 0 saturated heterocycles. The third-order valence-electron chi connectivity index (χ3n) is 5.66. The molecule has 0 atom stereocenters. The largest absolute Gasteiger partial charge is 0.491 e.